The van der Waals surface area contributed by atoms with Crippen LogP contribution in [0.5, 0.6) is 0 Å². The van der Waals surface area contributed by atoms with Crippen LogP contribution in [0.15, 0.2) is 46.6 Å². The summed E-state index contributed by atoms with van der Waals surface area (Å²) in [7, 11) is 0. The first-order chi connectivity index (χ1) is 18.9. The predicted molar refractivity (Wildman–Crippen MR) is 142 cm³/mol. The van der Waals surface area contributed by atoms with Crippen LogP contribution in [-0.2, 0) is 23.9 Å². The van der Waals surface area contributed by atoms with Crippen LogP contribution in [0, 0.1) is 28.6 Å². The fourth-order valence-corrected chi connectivity index (χ4v) is 9.90. The summed E-state index contributed by atoms with van der Waals surface area (Å²) >= 11 is 0.802. The van der Waals surface area contributed by atoms with E-state index < -0.39 is 68.3 Å². The molecule has 0 amide bonds. The minimum Gasteiger partial charge on any atom is -0.465 e. The Morgan fingerprint density at radius 2 is 1.98 bits per heavy atom. The van der Waals surface area contributed by atoms with Gasteiger partial charge in [0.05, 0.1) is 19.0 Å². The van der Waals surface area contributed by atoms with E-state index in [2.05, 4.69) is 0 Å². The van der Waals surface area contributed by atoms with Gasteiger partial charge >= 0.3 is 11.9 Å². The molecule has 2 heterocycles. The van der Waals surface area contributed by atoms with Crippen molar-refractivity contribution in [1.82, 2.24) is 0 Å². The number of halogens is 1. The van der Waals surface area contributed by atoms with E-state index in [1.165, 1.54) is 30.5 Å². The highest BCUT2D eigenvalue weighted by Gasteiger charge is 2.77. The summed E-state index contributed by atoms with van der Waals surface area (Å²) < 4.78 is 34.1. The van der Waals surface area contributed by atoms with Gasteiger partial charge in [-0.25, -0.2) is 9.18 Å². The molecule has 0 unspecified atom stereocenters. The molecule has 8 nitrogen and oxygen atoms in total. The number of carbonyl (C=O) groups is 4. The molecule has 9 atom stereocenters. The molecule has 40 heavy (non-hydrogen) atoms. The number of fused-ring (bicyclic) bond motifs is 5. The van der Waals surface area contributed by atoms with E-state index in [-0.39, 0.29) is 24.6 Å². The van der Waals surface area contributed by atoms with Crippen LogP contribution in [-0.4, -0.2) is 57.2 Å². The Balaban J connectivity index is 1.44. The van der Waals surface area contributed by atoms with Crippen molar-refractivity contribution < 1.29 is 42.6 Å². The number of ketones is 1. The van der Waals surface area contributed by atoms with Crippen LogP contribution >= 0.6 is 11.8 Å². The minimum atomic E-state index is -2.09. The second-order valence-corrected chi connectivity index (χ2v) is 13.5. The van der Waals surface area contributed by atoms with E-state index in [4.69, 9.17) is 13.9 Å². The van der Waals surface area contributed by atoms with Crippen molar-refractivity contribution >= 4 is 34.6 Å². The molecule has 4 fully saturated rings. The van der Waals surface area contributed by atoms with Crippen LogP contribution in [0.2, 0.25) is 0 Å². The number of alkyl halides is 1. The Kier molecular flexibility index (Phi) is 6.27. The molecule has 1 aromatic heterocycles. The fraction of sp³-hybridized carbons (Fsp3) is 0.600. The number of hydrogen-bond donors (Lipinski definition) is 1. The average Bonchev–Trinajstić information content (AvgIpc) is 3.62. The molecule has 214 valence electrons. The third-order valence-corrected chi connectivity index (χ3v) is 11.8. The number of aliphatic hydroxyl groups is 1. The summed E-state index contributed by atoms with van der Waals surface area (Å²) in [4.78, 5) is 52.2. The highest BCUT2D eigenvalue weighted by Crippen LogP contribution is 2.72. The zero-order chi connectivity index (χ0) is 28.7. The van der Waals surface area contributed by atoms with Gasteiger partial charge < -0.3 is 19.0 Å². The Morgan fingerprint density at radius 1 is 1.20 bits per heavy atom. The van der Waals surface area contributed by atoms with Crippen molar-refractivity contribution in [3.63, 3.8) is 0 Å². The quantitative estimate of drug-likeness (QED) is 0.525. The largest absolute Gasteiger partial charge is 0.465 e. The van der Waals surface area contributed by atoms with Gasteiger partial charge in [0.15, 0.2) is 17.1 Å². The van der Waals surface area contributed by atoms with E-state index in [9.17, 15) is 24.3 Å². The maximum absolute atomic E-state index is 17.6. The number of cyclic esters (lactones) is 1. The van der Waals surface area contributed by atoms with E-state index in [0.29, 0.717) is 31.3 Å². The fourth-order valence-electron chi connectivity index (χ4n) is 8.62. The molecule has 1 N–H and O–H groups in total. The highest BCUT2D eigenvalue weighted by molar-refractivity contribution is 8.14. The van der Waals surface area contributed by atoms with E-state index in [0.717, 1.165) is 11.8 Å². The van der Waals surface area contributed by atoms with Gasteiger partial charge in [-0.1, -0.05) is 37.3 Å². The molecule has 0 aromatic carbocycles. The van der Waals surface area contributed by atoms with Crippen molar-refractivity contribution in [1.29, 1.82) is 0 Å². The zero-order valence-electron chi connectivity index (χ0n) is 22.7. The second kappa shape index (κ2) is 9.14. The summed E-state index contributed by atoms with van der Waals surface area (Å²) in [5.41, 5.74) is -5.52. The van der Waals surface area contributed by atoms with Gasteiger partial charge in [-0.05, 0) is 62.8 Å². The number of ether oxygens (including phenoxy) is 2. The molecular weight excluding hydrogens is 539 g/mol. The number of allylic oxidation sites excluding steroid dienone is 4. The highest BCUT2D eigenvalue weighted by atomic mass is 32.2. The second-order valence-electron chi connectivity index (χ2n) is 12.4. The molecule has 1 aromatic rings. The lowest BCUT2D eigenvalue weighted by Gasteiger charge is -2.62. The molecule has 6 rings (SSSR count). The molecule has 10 heteroatoms. The molecule has 4 aliphatic carbocycles. The number of esters is 2. The molecule has 0 bridgehead atoms. The molecule has 0 radical (unpaired) electrons. The van der Waals surface area contributed by atoms with Gasteiger partial charge in [-0.15, -0.1) is 0 Å². The number of thioether (sulfide) groups is 1. The van der Waals surface area contributed by atoms with Gasteiger partial charge in [0, 0.05) is 29.1 Å². The van der Waals surface area contributed by atoms with Crippen LogP contribution < -0.4 is 0 Å². The van der Waals surface area contributed by atoms with Crippen LogP contribution in [0.3, 0.4) is 0 Å². The molecule has 0 spiro atoms. The molecule has 1 saturated heterocycles. The van der Waals surface area contributed by atoms with E-state index >= 15 is 4.39 Å². The van der Waals surface area contributed by atoms with Crippen molar-refractivity contribution in [3.8, 4) is 0 Å². The monoisotopic (exact) mass is 572 g/mol. The molecular formula is C30H33FO8S. The molecule has 1 aliphatic heterocycles. The number of carbonyl (C=O) groups excluding carboxylic acids is 4. The lowest BCUT2D eigenvalue weighted by molar-refractivity contribution is -0.216. The van der Waals surface area contributed by atoms with Gasteiger partial charge in [-0.2, -0.15) is 0 Å². The topological polar surface area (TPSA) is 120 Å². The Hall–Kier alpha value is -2.72. The number of furan rings is 1. The van der Waals surface area contributed by atoms with Crippen LogP contribution in [0.25, 0.3) is 0 Å². The van der Waals surface area contributed by atoms with Gasteiger partial charge in [0.25, 0.3) is 0 Å². The van der Waals surface area contributed by atoms with Crippen molar-refractivity contribution in [2.24, 2.45) is 28.6 Å². The number of rotatable bonds is 4. The first-order valence-electron chi connectivity index (χ1n) is 13.8. The van der Waals surface area contributed by atoms with Gasteiger partial charge in [0.1, 0.15) is 5.25 Å². The van der Waals surface area contributed by atoms with Crippen molar-refractivity contribution in [3.05, 3.63) is 48.0 Å². The smallest absolute Gasteiger partial charge is 0.375 e. The average molecular weight is 573 g/mol. The third kappa shape index (κ3) is 3.47. The maximum atomic E-state index is 17.6. The standard InChI is InChI=1S/C30H33FO8S/c1-16-13-20-19-7-6-17-14-18(32)8-10-27(17,2)29(19,31)23(33)15-28(20,3)30(16,39-24(34)21-5-4-11-37-21)26(36)40-22-9-12-38-25(22)35/h4-5,8,10-11,14,16,19-20,22-23,33H,6-7,9,12-13,15H2,1-3H3/t16-,19-,20-,22-,23-,27-,28-,29-,30-/m0/s1. The molecule has 5 aliphatic rings. The Labute approximate surface area is 235 Å². The summed E-state index contributed by atoms with van der Waals surface area (Å²) in [5.74, 6) is -3.24. The van der Waals surface area contributed by atoms with Gasteiger partial charge in [0.2, 0.25) is 10.9 Å². The van der Waals surface area contributed by atoms with Crippen molar-refractivity contribution in [2.75, 3.05) is 6.61 Å². The van der Waals surface area contributed by atoms with E-state index in [1.54, 1.807) is 19.9 Å². The third-order valence-electron chi connectivity index (χ3n) is 10.6. The maximum Gasteiger partial charge on any atom is 0.375 e. The normalized spacial score (nSPS) is 43.8. The minimum absolute atomic E-state index is 0.0788. The summed E-state index contributed by atoms with van der Waals surface area (Å²) in [5, 5.41) is 10.5. The SMILES string of the molecule is C[C@H]1C[C@H]2[C@@H]3CCC4=CC(=O)C=C[C@]4(C)[C@@]3(F)[C@@H](O)C[C@]2(C)[C@@]1(OC(=O)c1ccco1)C(=O)S[C@H]1CCOC1=O. The number of hydrogen-bond acceptors (Lipinski definition) is 9. The summed E-state index contributed by atoms with van der Waals surface area (Å²) in [6.07, 6.45) is 5.68. The lowest BCUT2D eigenvalue weighted by Crippen LogP contribution is -2.69. The zero-order valence-corrected chi connectivity index (χ0v) is 23.5. The van der Waals surface area contributed by atoms with Crippen molar-refractivity contribution in [2.45, 2.75) is 75.5 Å². The van der Waals surface area contributed by atoms with Crippen LogP contribution in [0.4, 0.5) is 4.39 Å². The van der Waals surface area contributed by atoms with Crippen LogP contribution in [0.1, 0.15) is 63.4 Å². The summed E-state index contributed by atoms with van der Waals surface area (Å²) in [6, 6.07) is 2.98. The first-order valence-corrected chi connectivity index (χ1v) is 14.7. The first kappa shape index (κ1) is 27.4. The van der Waals surface area contributed by atoms with Gasteiger partial charge in [-0.3, -0.25) is 14.4 Å². The Bertz CT molecular complexity index is 1340. The molecule has 3 saturated carbocycles. The van der Waals surface area contributed by atoms with E-state index in [1.807, 2.05) is 6.92 Å². The Morgan fingerprint density at radius 3 is 2.65 bits per heavy atom. The predicted octanol–water partition coefficient (Wildman–Crippen LogP) is 4.37. The lowest BCUT2D eigenvalue weighted by atomic mass is 9.45. The number of aliphatic hydroxyl groups excluding tert-OH is 1. The summed E-state index contributed by atoms with van der Waals surface area (Å²) in [6.45, 7) is 5.55.